The summed E-state index contributed by atoms with van der Waals surface area (Å²) in [6.45, 7) is 12.5. The number of hydrogen-bond acceptors (Lipinski definition) is 15. The second-order valence-electron chi connectivity index (χ2n) is 25.0. The summed E-state index contributed by atoms with van der Waals surface area (Å²) in [5, 5.41) is 28.5. The molecule has 29 nitrogen and oxygen atoms in total. The smallest absolute Gasteiger partial charge is 0.370 e. The summed E-state index contributed by atoms with van der Waals surface area (Å²) in [5.74, 6) is -8.07. The van der Waals surface area contributed by atoms with Crippen molar-refractivity contribution in [1.82, 2.24) is 58.1 Å². The number of nitrogens with one attached hydrogen (secondary N) is 10. The van der Waals surface area contributed by atoms with Gasteiger partial charge in [-0.05, 0) is 99.1 Å². The number of phosphoric acid groups is 1. The summed E-state index contributed by atoms with van der Waals surface area (Å²) in [5.41, 5.74) is 12.5. The quantitative estimate of drug-likeness (QED) is 0.0214. The van der Waals surface area contributed by atoms with E-state index >= 15 is 0 Å². The molecule has 0 bridgehead atoms. The van der Waals surface area contributed by atoms with Crippen molar-refractivity contribution in [2.45, 2.75) is 203 Å². The van der Waals surface area contributed by atoms with Crippen LogP contribution in [-0.2, 0) is 80.1 Å². The van der Waals surface area contributed by atoms with Gasteiger partial charge in [-0.2, -0.15) is 11.8 Å². The highest BCUT2D eigenvalue weighted by atomic mass is 32.2. The van der Waals surface area contributed by atoms with E-state index in [1.807, 2.05) is 62.9 Å². The molecule has 2 heterocycles. The highest BCUT2D eigenvalue weighted by Gasteiger charge is 2.43. The molecule has 0 saturated carbocycles. The Labute approximate surface area is 551 Å². The van der Waals surface area contributed by atoms with Crippen molar-refractivity contribution < 1.29 is 76.4 Å². The predicted molar refractivity (Wildman–Crippen MR) is 350 cm³/mol. The predicted octanol–water partition coefficient (Wildman–Crippen LogP) is 0.484. The lowest BCUT2D eigenvalue weighted by Gasteiger charge is -2.33. The van der Waals surface area contributed by atoms with Gasteiger partial charge in [-0.25, -0.2) is 9.36 Å². The van der Waals surface area contributed by atoms with Crippen LogP contribution in [0.25, 0.3) is 10.8 Å². The minimum Gasteiger partial charge on any atom is -0.370 e. The number of benzene rings is 3. The first-order chi connectivity index (χ1) is 44.1. The molecule has 0 unspecified atom stereocenters. The summed E-state index contributed by atoms with van der Waals surface area (Å²) in [4.78, 5) is 180. The van der Waals surface area contributed by atoms with Crippen molar-refractivity contribution in [1.29, 1.82) is 0 Å². The Morgan fingerprint density at radius 3 is 1.86 bits per heavy atom. The largest absolute Gasteiger partial charge is 0.469 e. The molecule has 2 saturated heterocycles. The molecule has 0 aromatic heterocycles. The molecule has 0 aliphatic carbocycles. The fourth-order valence-electron chi connectivity index (χ4n) is 10.7. The van der Waals surface area contributed by atoms with Gasteiger partial charge in [-0.1, -0.05) is 93.9 Å². The van der Waals surface area contributed by atoms with Crippen molar-refractivity contribution in [3.05, 3.63) is 83.4 Å². The van der Waals surface area contributed by atoms with Gasteiger partial charge in [-0.3, -0.25) is 57.3 Å². The summed E-state index contributed by atoms with van der Waals surface area (Å²) >= 11 is 1.81. The molecule has 31 heteroatoms. The summed E-state index contributed by atoms with van der Waals surface area (Å²) in [6.07, 6.45) is 0.935. The van der Waals surface area contributed by atoms with Crippen molar-refractivity contribution in [2.75, 3.05) is 19.3 Å². The zero-order valence-corrected chi connectivity index (χ0v) is 56.2. The number of urea groups is 1. The van der Waals surface area contributed by atoms with Crippen molar-refractivity contribution in [3.8, 4) is 0 Å². The first-order valence-corrected chi connectivity index (χ1v) is 33.9. The standard InChI is InChI=1S/C63H92N13O16PS/c1-34(68-58(84)45(69-38(5)77)18-14-15-29-66-51(79)20-13-12-19-49-53-48(33-94-49)73-62(88)75-53)55(81)67-35(2)56(82)71-46(31-39-22-25-43(26-23-39)63(6,7)8)60(86)74-52(37(4)92-93(89,90)91)61(87)76(9)36(3)57(83)72-47(59(85)70-44(54(65)80)27-28-50(64)78)32-40-21-24-41-16-10-11-17-42(41)30-40/h10-11,16-17,21-26,30,34-37,44-49,52-53H,12-15,18-20,27-29,31-33H2,1-9H3,(H2,64,78)(H2,65,80)(H,66,79)(H,67,81)(H,68,84)(H,69,77)(H,70,85)(H,71,82)(H,72,83)(H,74,86)(H2,73,75,88)(H2,89,90,91)/t34-,35-,36-,37+,44-,45-,46-,47-,48-,49-,52-,53-/m0/s1. The van der Waals surface area contributed by atoms with Crippen LogP contribution in [0.1, 0.15) is 130 Å². The first-order valence-electron chi connectivity index (χ1n) is 31.3. The highest BCUT2D eigenvalue weighted by Crippen LogP contribution is 2.38. The van der Waals surface area contributed by atoms with Crippen LogP contribution in [0.3, 0.4) is 0 Å². The maximum atomic E-state index is 14.7. The second kappa shape index (κ2) is 35.4. The molecule has 2 aliphatic heterocycles. The number of carbonyl (C=O) groups is 12. The van der Waals surface area contributed by atoms with Crippen LogP contribution in [0.15, 0.2) is 66.7 Å². The number of phosphoric ester groups is 1. The highest BCUT2D eigenvalue weighted by molar-refractivity contribution is 8.00. The lowest BCUT2D eigenvalue weighted by atomic mass is 9.86. The molecule has 94 heavy (non-hydrogen) atoms. The molecular formula is C63H92N13O16PS. The van der Waals surface area contributed by atoms with Gasteiger partial charge in [-0.15, -0.1) is 0 Å². The maximum absolute atomic E-state index is 14.7. The van der Waals surface area contributed by atoms with Gasteiger partial charge in [0.2, 0.25) is 65.0 Å². The van der Waals surface area contributed by atoms with E-state index in [9.17, 15) is 71.9 Å². The molecule has 13 amide bonds. The van der Waals surface area contributed by atoms with E-state index < -0.39 is 121 Å². The van der Waals surface area contributed by atoms with Crippen LogP contribution in [-0.4, -0.2) is 177 Å². The van der Waals surface area contributed by atoms with E-state index in [1.165, 1.54) is 27.7 Å². The average Bonchev–Trinajstić information content (AvgIpc) is 1.53. The third-order valence-corrected chi connectivity index (χ3v) is 18.4. The third kappa shape index (κ3) is 24.3. The molecule has 2 fully saturated rings. The van der Waals surface area contributed by atoms with Crippen molar-refractivity contribution in [2.24, 2.45) is 11.5 Å². The number of likely N-dealkylation sites (N-methyl/N-ethyl adjacent to an activating group) is 1. The number of carbonyl (C=O) groups excluding carboxylic acids is 12. The van der Waals surface area contributed by atoms with Gasteiger partial charge < -0.3 is 79.3 Å². The van der Waals surface area contributed by atoms with Gasteiger partial charge in [0, 0.05) is 57.2 Å². The van der Waals surface area contributed by atoms with Gasteiger partial charge in [0.1, 0.15) is 48.3 Å². The van der Waals surface area contributed by atoms with Gasteiger partial charge in [0.05, 0.1) is 18.2 Å². The lowest BCUT2D eigenvalue weighted by molar-refractivity contribution is -0.144. The van der Waals surface area contributed by atoms with Crippen LogP contribution in [0.5, 0.6) is 0 Å². The molecule has 0 spiro atoms. The third-order valence-electron chi connectivity index (χ3n) is 16.3. The molecule has 516 valence electrons. The van der Waals surface area contributed by atoms with E-state index in [-0.39, 0.29) is 61.5 Å². The fourth-order valence-corrected chi connectivity index (χ4v) is 12.8. The molecular weight excluding hydrogens is 1260 g/mol. The maximum Gasteiger partial charge on any atom is 0.469 e. The van der Waals surface area contributed by atoms with Crippen LogP contribution < -0.4 is 64.6 Å². The number of thioether (sulfide) groups is 1. The van der Waals surface area contributed by atoms with E-state index in [0.29, 0.717) is 48.6 Å². The normalized spacial score (nSPS) is 18.1. The van der Waals surface area contributed by atoms with E-state index in [2.05, 4.69) is 53.2 Å². The Balaban J connectivity index is 1.25. The number of rotatable bonds is 36. The van der Waals surface area contributed by atoms with Crippen molar-refractivity contribution >= 4 is 101 Å². The lowest BCUT2D eigenvalue weighted by Crippen LogP contribution is -2.62. The van der Waals surface area contributed by atoms with Crippen LogP contribution in [0, 0.1) is 0 Å². The first kappa shape index (κ1) is 76.5. The molecule has 3 aromatic rings. The van der Waals surface area contributed by atoms with Gasteiger partial charge in [0.15, 0.2) is 0 Å². The topological polar surface area (TPSA) is 447 Å². The van der Waals surface area contributed by atoms with Gasteiger partial charge in [0.25, 0.3) is 0 Å². The Morgan fingerprint density at radius 1 is 0.670 bits per heavy atom. The number of amides is 13. The molecule has 3 aromatic carbocycles. The van der Waals surface area contributed by atoms with Crippen LogP contribution in [0.2, 0.25) is 0 Å². The number of nitrogens with two attached hydrogens (primary N) is 2. The summed E-state index contributed by atoms with van der Waals surface area (Å²) < 4.78 is 17.3. The Kier molecular flexibility index (Phi) is 28.8. The number of primary amides is 2. The number of fused-ring (bicyclic) bond motifs is 2. The zero-order chi connectivity index (χ0) is 69.8. The van der Waals surface area contributed by atoms with Gasteiger partial charge >= 0.3 is 13.9 Å². The van der Waals surface area contributed by atoms with Crippen LogP contribution >= 0.6 is 19.6 Å². The monoisotopic (exact) mass is 1350 g/mol. The van der Waals surface area contributed by atoms with E-state index in [0.717, 1.165) is 53.8 Å². The number of hydrogen-bond donors (Lipinski definition) is 14. The number of nitrogens with zero attached hydrogens (tertiary/aromatic N) is 1. The molecule has 2 aliphatic rings. The molecule has 0 radical (unpaired) electrons. The minimum atomic E-state index is -5.42. The average molecular weight is 1350 g/mol. The minimum absolute atomic E-state index is 0.0956. The number of unbranched alkanes of at least 4 members (excludes halogenated alkanes) is 2. The second-order valence-corrected chi connectivity index (χ2v) is 27.4. The summed E-state index contributed by atoms with van der Waals surface area (Å²) in [6, 6.07) is 8.09. The Bertz CT molecular complexity index is 3280. The molecule has 16 N–H and O–H groups in total. The van der Waals surface area contributed by atoms with E-state index in [4.69, 9.17) is 16.0 Å². The zero-order valence-electron chi connectivity index (χ0n) is 54.5. The van der Waals surface area contributed by atoms with E-state index in [1.54, 1.807) is 36.4 Å². The summed E-state index contributed by atoms with van der Waals surface area (Å²) in [7, 11) is -4.28. The molecule has 12 atom stereocenters. The Morgan fingerprint density at radius 2 is 1.24 bits per heavy atom. The Hall–Kier alpha value is -8.18. The molecule has 5 rings (SSSR count). The SMILES string of the molecule is CC(=O)N[C@@H](CCCCNC(=O)CCCC[C@@H]1SC[C@@H]2NC(=O)N[C@@H]21)C(=O)N[C@@H](C)C(=O)N[C@@H](C)C(=O)N[C@@H](Cc1ccc(C(C)(C)C)cc1)C(=O)N[C@H](C(=O)N(C)[C@@H](C)C(=O)N[C@@H](Cc1ccc2ccccc2c1)C(=O)N[C@@H](CCC(N)=O)C(N)=O)[C@@H](C)OP(=O)(O)O. The van der Waals surface area contributed by atoms with Crippen LogP contribution in [0.4, 0.5) is 4.79 Å². The fraction of sp³-hybridized carbons (Fsp3) is 0.556. The van der Waals surface area contributed by atoms with Crippen molar-refractivity contribution in [3.63, 3.8) is 0 Å².